The van der Waals surface area contributed by atoms with Crippen LogP contribution in [0.1, 0.15) is 36.1 Å². The van der Waals surface area contributed by atoms with Crippen LogP contribution < -0.4 is 5.73 Å². The SMILES string of the molecule is COC1(Cn2c(C)c(C)c(C#N)c2N)CCC1. The average Bonchev–Trinajstić information content (AvgIpc) is 2.46. The van der Waals surface area contributed by atoms with Crippen LogP contribution in [0.4, 0.5) is 5.82 Å². The molecule has 1 heterocycles. The second-order valence-electron chi connectivity index (χ2n) is 4.91. The van der Waals surface area contributed by atoms with Crippen LogP contribution in [-0.2, 0) is 11.3 Å². The molecule has 1 aliphatic rings. The van der Waals surface area contributed by atoms with Crippen molar-refractivity contribution in [1.29, 1.82) is 5.26 Å². The lowest BCUT2D eigenvalue weighted by atomic mass is 9.80. The molecule has 0 aliphatic heterocycles. The first kappa shape index (κ1) is 12.0. The quantitative estimate of drug-likeness (QED) is 0.869. The summed E-state index contributed by atoms with van der Waals surface area (Å²) in [5.41, 5.74) is 8.63. The zero-order chi connectivity index (χ0) is 12.6. The summed E-state index contributed by atoms with van der Waals surface area (Å²) < 4.78 is 7.64. The Kier molecular flexibility index (Phi) is 2.88. The Hall–Kier alpha value is -1.47. The molecule has 0 spiro atoms. The van der Waals surface area contributed by atoms with Crippen LogP contribution in [0.5, 0.6) is 0 Å². The number of ether oxygens (including phenoxy) is 1. The van der Waals surface area contributed by atoms with Crippen molar-refractivity contribution < 1.29 is 4.74 Å². The van der Waals surface area contributed by atoms with Crippen molar-refractivity contribution in [3.05, 3.63) is 16.8 Å². The molecule has 0 aromatic carbocycles. The van der Waals surface area contributed by atoms with E-state index in [0.29, 0.717) is 11.4 Å². The molecule has 0 radical (unpaired) electrons. The summed E-state index contributed by atoms with van der Waals surface area (Å²) >= 11 is 0. The Morgan fingerprint density at radius 3 is 2.47 bits per heavy atom. The minimum Gasteiger partial charge on any atom is -0.384 e. The fourth-order valence-corrected chi connectivity index (χ4v) is 2.52. The second kappa shape index (κ2) is 4.08. The highest BCUT2D eigenvalue weighted by molar-refractivity contribution is 5.57. The fraction of sp³-hybridized carbons (Fsp3) is 0.615. The van der Waals surface area contributed by atoms with Gasteiger partial charge in [-0.2, -0.15) is 5.26 Å². The molecular weight excluding hydrogens is 214 g/mol. The van der Waals surface area contributed by atoms with Gasteiger partial charge in [-0.05, 0) is 38.7 Å². The number of methoxy groups -OCH3 is 1. The maximum atomic E-state index is 9.09. The molecule has 92 valence electrons. The van der Waals surface area contributed by atoms with Crippen molar-refractivity contribution in [3.8, 4) is 6.07 Å². The Morgan fingerprint density at radius 1 is 1.47 bits per heavy atom. The molecule has 1 aromatic heterocycles. The van der Waals surface area contributed by atoms with Crippen LogP contribution in [0.3, 0.4) is 0 Å². The molecule has 2 rings (SSSR count). The molecule has 1 saturated carbocycles. The first-order valence-corrected chi connectivity index (χ1v) is 5.95. The number of rotatable bonds is 3. The van der Waals surface area contributed by atoms with Gasteiger partial charge in [0.1, 0.15) is 11.9 Å². The molecule has 0 bridgehead atoms. The Bertz CT molecular complexity index is 472. The van der Waals surface area contributed by atoms with Crippen molar-refractivity contribution in [1.82, 2.24) is 4.57 Å². The molecule has 4 heteroatoms. The van der Waals surface area contributed by atoms with Gasteiger partial charge in [-0.25, -0.2) is 0 Å². The van der Waals surface area contributed by atoms with Gasteiger partial charge in [-0.1, -0.05) is 0 Å². The van der Waals surface area contributed by atoms with E-state index < -0.39 is 0 Å². The van der Waals surface area contributed by atoms with Crippen LogP contribution in [0.2, 0.25) is 0 Å². The van der Waals surface area contributed by atoms with Crippen LogP contribution in [0.25, 0.3) is 0 Å². The lowest BCUT2D eigenvalue weighted by Crippen LogP contribution is -2.43. The largest absolute Gasteiger partial charge is 0.384 e. The predicted octanol–water partition coefficient (Wildman–Crippen LogP) is 2.13. The number of anilines is 1. The first-order chi connectivity index (χ1) is 8.04. The summed E-state index contributed by atoms with van der Waals surface area (Å²) in [5.74, 6) is 0.575. The molecule has 4 nitrogen and oxygen atoms in total. The molecule has 2 N–H and O–H groups in total. The number of nitriles is 1. The molecule has 17 heavy (non-hydrogen) atoms. The summed E-state index contributed by atoms with van der Waals surface area (Å²) in [6.07, 6.45) is 3.35. The highest BCUT2D eigenvalue weighted by atomic mass is 16.5. The summed E-state index contributed by atoms with van der Waals surface area (Å²) in [4.78, 5) is 0. The number of nitrogens with zero attached hydrogens (tertiary/aromatic N) is 2. The molecule has 0 atom stereocenters. The fourth-order valence-electron chi connectivity index (χ4n) is 2.52. The lowest BCUT2D eigenvalue weighted by Gasteiger charge is -2.41. The molecule has 0 unspecified atom stereocenters. The molecule has 0 saturated heterocycles. The Labute approximate surface area is 102 Å². The van der Waals surface area contributed by atoms with Crippen molar-refractivity contribution in [2.75, 3.05) is 12.8 Å². The zero-order valence-electron chi connectivity index (χ0n) is 10.7. The van der Waals surface area contributed by atoms with Gasteiger partial charge >= 0.3 is 0 Å². The Balaban J connectivity index is 2.37. The average molecular weight is 233 g/mol. The second-order valence-corrected chi connectivity index (χ2v) is 4.91. The topological polar surface area (TPSA) is 64.0 Å². The maximum Gasteiger partial charge on any atom is 0.122 e. The number of nitrogen functional groups attached to an aromatic ring is 1. The van der Waals surface area contributed by atoms with Crippen molar-refractivity contribution in [2.45, 2.75) is 45.3 Å². The summed E-state index contributed by atoms with van der Waals surface area (Å²) in [7, 11) is 1.76. The highest BCUT2D eigenvalue weighted by Gasteiger charge is 2.38. The maximum absolute atomic E-state index is 9.09. The smallest absolute Gasteiger partial charge is 0.122 e. The van der Waals surface area contributed by atoms with Gasteiger partial charge in [0.25, 0.3) is 0 Å². The van der Waals surface area contributed by atoms with Gasteiger partial charge in [0.2, 0.25) is 0 Å². The number of nitrogens with two attached hydrogens (primary N) is 1. The third kappa shape index (κ3) is 1.71. The summed E-state index contributed by atoms with van der Waals surface area (Å²) in [6.45, 7) is 4.71. The van der Waals surface area contributed by atoms with Gasteiger partial charge < -0.3 is 15.0 Å². The Morgan fingerprint density at radius 2 is 2.12 bits per heavy atom. The van der Waals surface area contributed by atoms with E-state index in [1.54, 1.807) is 7.11 Å². The van der Waals surface area contributed by atoms with E-state index >= 15 is 0 Å². The molecule has 1 aliphatic carbocycles. The zero-order valence-corrected chi connectivity index (χ0v) is 10.7. The number of hydrogen-bond donors (Lipinski definition) is 1. The van der Waals surface area contributed by atoms with Crippen LogP contribution in [0.15, 0.2) is 0 Å². The number of hydrogen-bond acceptors (Lipinski definition) is 3. The molecule has 1 fully saturated rings. The van der Waals surface area contributed by atoms with Gasteiger partial charge in [-0.15, -0.1) is 0 Å². The molecule has 1 aromatic rings. The van der Waals surface area contributed by atoms with Gasteiger partial charge in [0, 0.05) is 12.8 Å². The minimum atomic E-state index is -0.0724. The minimum absolute atomic E-state index is 0.0724. The van der Waals surface area contributed by atoms with Gasteiger partial charge in [0.15, 0.2) is 0 Å². The third-order valence-corrected chi connectivity index (χ3v) is 4.13. The van der Waals surface area contributed by atoms with Crippen molar-refractivity contribution in [2.24, 2.45) is 0 Å². The van der Waals surface area contributed by atoms with Crippen LogP contribution in [0, 0.1) is 25.2 Å². The van der Waals surface area contributed by atoms with Gasteiger partial charge in [0.05, 0.1) is 17.7 Å². The summed E-state index contributed by atoms with van der Waals surface area (Å²) in [6, 6.07) is 2.18. The monoisotopic (exact) mass is 233 g/mol. The third-order valence-electron chi connectivity index (χ3n) is 4.13. The van der Waals surface area contributed by atoms with E-state index in [0.717, 1.165) is 30.6 Å². The van der Waals surface area contributed by atoms with E-state index in [4.69, 9.17) is 15.7 Å². The van der Waals surface area contributed by atoms with Gasteiger partial charge in [-0.3, -0.25) is 0 Å². The highest BCUT2D eigenvalue weighted by Crippen LogP contribution is 2.38. The van der Waals surface area contributed by atoms with Crippen LogP contribution >= 0.6 is 0 Å². The normalized spacial score (nSPS) is 17.5. The van der Waals surface area contributed by atoms with E-state index in [1.165, 1.54) is 6.42 Å². The van der Waals surface area contributed by atoms with Crippen molar-refractivity contribution in [3.63, 3.8) is 0 Å². The van der Waals surface area contributed by atoms with E-state index in [9.17, 15) is 0 Å². The predicted molar refractivity (Wildman–Crippen MR) is 66.6 cm³/mol. The van der Waals surface area contributed by atoms with E-state index in [1.807, 2.05) is 18.4 Å². The van der Waals surface area contributed by atoms with E-state index in [2.05, 4.69) is 6.07 Å². The van der Waals surface area contributed by atoms with Crippen molar-refractivity contribution >= 4 is 5.82 Å². The summed E-state index contributed by atoms with van der Waals surface area (Å²) in [5, 5.41) is 9.09. The molecular formula is C13H19N3O. The molecule has 0 amide bonds. The van der Waals surface area contributed by atoms with Crippen LogP contribution in [-0.4, -0.2) is 17.3 Å². The lowest BCUT2D eigenvalue weighted by molar-refractivity contribution is -0.0833. The first-order valence-electron chi connectivity index (χ1n) is 5.95. The van der Waals surface area contributed by atoms with E-state index in [-0.39, 0.29) is 5.60 Å². The number of aromatic nitrogens is 1. The standard InChI is InChI=1S/C13H19N3O/c1-9-10(2)16(12(15)11(9)7-14)8-13(17-3)5-4-6-13/h4-6,8,15H2,1-3H3.